The minimum Gasteiger partial charge on any atom is -0.477 e. The first kappa shape index (κ1) is 26.7. The predicted molar refractivity (Wildman–Crippen MR) is 168 cm³/mol. The zero-order valence-corrected chi connectivity index (χ0v) is 24.4. The zero-order chi connectivity index (χ0) is 29.7. The fourth-order valence-corrected chi connectivity index (χ4v) is 7.66. The molecule has 4 aromatic rings. The second-order valence-corrected chi connectivity index (χ2v) is 11.9. The van der Waals surface area contributed by atoms with Crippen molar-refractivity contribution in [2.24, 2.45) is 0 Å². The quantitative estimate of drug-likeness (QED) is 0.246. The van der Waals surface area contributed by atoms with Crippen molar-refractivity contribution in [1.29, 1.82) is 0 Å². The minimum absolute atomic E-state index is 0.0284. The average molecular weight is 577 g/mol. The fraction of sp³-hybridized carbons (Fsp3) is 0.200. The lowest BCUT2D eigenvalue weighted by atomic mass is 9.62. The number of fused-ring (bicyclic) bond motifs is 2. The summed E-state index contributed by atoms with van der Waals surface area (Å²) < 4.78 is 14.6. The Kier molecular flexibility index (Phi) is 6.26. The molecule has 0 aromatic heterocycles. The number of rotatable bonds is 4. The maximum Gasteiger partial charge on any atom is 0.185 e. The maximum absolute atomic E-state index is 14.2. The van der Waals surface area contributed by atoms with Crippen LogP contribution < -0.4 is 0 Å². The largest absolute Gasteiger partial charge is 0.477 e. The minimum atomic E-state index is -1.18. The number of allylic oxidation sites excluding steroid dienone is 2. The predicted octanol–water partition coefficient (Wildman–Crippen LogP) is 8.25. The summed E-state index contributed by atoms with van der Waals surface area (Å²) in [4.78, 5) is 28.5. The highest BCUT2D eigenvalue weighted by Gasteiger charge is 2.60. The van der Waals surface area contributed by atoms with E-state index in [9.17, 15) is 9.59 Å². The van der Waals surface area contributed by atoms with Crippen LogP contribution in [0, 0.1) is 0 Å². The summed E-state index contributed by atoms with van der Waals surface area (Å²) in [7, 11) is 0. The third kappa shape index (κ3) is 3.77. The van der Waals surface area contributed by atoms with Gasteiger partial charge in [-0.3, -0.25) is 9.59 Å². The van der Waals surface area contributed by atoms with Gasteiger partial charge in [0.25, 0.3) is 0 Å². The van der Waals surface area contributed by atoms with Gasteiger partial charge < -0.3 is 9.47 Å². The molecule has 0 radical (unpaired) electrons. The molecule has 0 amide bonds. The molecule has 0 spiro atoms. The maximum atomic E-state index is 14.2. The van der Waals surface area contributed by atoms with Crippen molar-refractivity contribution < 1.29 is 19.1 Å². The Labute approximate surface area is 257 Å². The third-order valence-corrected chi connectivity index (χ3v) is 9.46. The topological polar surface area (TPSA) is 52.6 Å². The highest BCUT2D eigenvalue weighted by molar-refractivity contribution is 6.07. The van der Waals surface area contributed by atoms with E-state index in [2.05, 4.69) is 48.5 Å². The SMILES string of the molecule is O=C1CCCC2=C1C1=C(C3=C(CCCC3=O)OC1(c1ccccc1)c1ccccc1)C(c1ccccc1)(c1ccccc1)O2. The van der Waals surface area contributed by atoms with Gasteiger partial charge >= 0.3 is 0 Å². The van der Waals surface area contributed by atoms with Crippen LogP contribution in [-0.2, 0) is 30.3 Å². The third-order valence-electron chi connectivity index (χ3n) is 9.46. The van der Waals surface area contributed by atoms with Crippen LogP contribution in [0.2, 0.25) is 0 Å². The van der Waals surface area contributed by atoms with Crippen molar-refractivity contribution in [1.82, 2.24) is 0 Å². The molecule has 0 saturated carbocycles. The van der Waals surface area contributed by atoms with Crippen LogP contribution in [0.15, 0.2) is 155 Å². The lowest BCUT2D eigenvalue weighted by molar-refractivity contribution is -0.119. The summed E-state index contributed by atoms with van der Waals surface area (Å²) in [6.07, 6.45) is 3.50. The van der Waals surface area contributed by atoms with Gasteiger partial charge in [0, 0.05) is 59.1 Å². The molecule has 0 unspecified atom stereocenters. The number of ether oxygens (including phenoxy) is 2. The molecule has 4 heteroatoms. The van der Waals surface area contributed by atoms with Crippen LogP contribution in [-0.4, -0.2) is 11.6 Å². The Balaban J connectivity index is 1.62. The molecule has 4 aromatic carbocycles. The lowest BCUT2D eigenvalue weighted by Gasteiger charge is -2.52. The Morgan fingerprint density at radius 2 is 0.705 bits per heavy atom. The molecule has 2 aliphatic carbocycles. The molecule has 0 saturated heterocycles. The van der Waals surface area contributed by atoms with E-state index in [0.717, 1.165) is 33.4 Å². The average Bonchev–Trinajstić information content (AvgIpc) is 3.09. The van der Waals surface area contributed by atoms with Crippen molar-refractivity contribution >= 4 is 11.6 Å². The van der Waals surface area contributed by atoms with Gasteiger partial charge in [0.2, 0.25) is 0 Å². The molecular weight excluding hydrogens is 544 g/mol. The number of hydrogen-bond donors (Lipinski definition) is 0. The number of ketones is 2. The molecule has 44 heavy (non-hydrogen) atoms. The van der Waals surface area contributed by atoms with E-state index in [4.69, 9.17) is 9.47 Å². The summed E-state index contributed by atoms with van der Waals surface area (Å²) >= 11 is 0. The number of Topliss-reactive ketones (excluding diaryl/α,β-unsaturated/α-hetero) is 2. The Hall–Kier alpha value is -4.96. The van der Waals surface area contributed by atoms with Gasteiger partial charge in [-0.05, 0) is 12.8 Å². The first-order chi connectivity index (χ1) is 21.6. The van der Waals surface area contributed by atoms with Crippen molar-refractivity contribution in [3.8, 4) is 0 Å². The van der Waals surface area contributed by atoms with E-state index in [0.29, 0.717) is 61.2 Å². The van der Waals surface area contributed by atoms with Crippen molar-refractivity contribution in [2.45, 2.75) is 49.7 Å². The van der Waals surface area contributed by atoms with Crippen LogP contribution in [0.4, 0.5) is 0 Å². The first-order valence-electron chi connectivity index (χ1n) is 15.5. The Bertz CT molecular complexity index is 1650. The van der Waals surface area contributed by atoms with E-state index >= 15 is 0 Å². The molecule has 2 heterocycles. The summed E-state index contributed by atoms with van der Waals surface area (Å²) in [5.74, 6) is 1.39. The molecule has 4 nitrogen and oxygen atoms in total. The second-order valence-electron chi connectivity index (χ2n) is 11.9. The zero-order valence-electron chi connectivity index (χ0n) is 24.4. The monoisotopic (exact) mass is 576 g/mol. The second kappa shape index (κ2) is 10.3. The normalized spacial score (nSPS) is 20.3. The summed E-state index contributed by atoms with van der Waals surface area (Å²) in [6.45, 7) is 0. The molecule has 4 aliphatic rings. The van der Waals surface area contributed by atoms with Crippen LogP contribution in [0.1, 0.15) is 60.8 Å². The van der Waals surface area contributed by atoms with Crippen LogP contribution in [0.25, 0.3) is 0 Å². The van der Waals surface area contributed by atoms with Gasteiger partial charge in [-0.1, -0.05) is 121 Å². The Morgan fingerprint density at radius 1 is 0.409 bits per heavy atom. The summed E-state index contributed by atoms with van der Waals surface area (Å²) in [5.41, 5.74) is 3.87. The van der Waals surface area contributed by atoms with Crippen LogP contribution in [0.3, 0.4) is 0 Å². The first-order valence-corrected chi connectivity index (χ1v) is 15.5. The molecule has 2 aliphatic heterocycles. The molecule has 0 fully saturated rings. The van der Waals surface area contributed by atoms with Crippen molar-refractivity contribution in [3.05, 3.63) is 177 Å². The highest BCUT2D eigenvalue weighted by atomic mass is 16.5. The van der Waals surface area contributed by atoms with Gasteiger partial charge in [-0.25, -0.2) is 0 Å². The molecular formula is C40H32O4. The number of hydrogen-bond acceptors (Lipinski definition) is 4. The molecule has 8 rings (SSSR count). The number of benzene rings is 4. The molecule has 0 atom stereocenters. The van der Waals surface area contributed by atoms with Crippen LogP contribution in [0.5, 0.6) is 0 Å². The molecule has 0 N–H and O–H groups in total. The Morgan fingerprint density at radius 3 is 1.00 bits per heavy atom. The van der Waals surface area contributed by atoms with Gasteiger partial charge in [0.05, 0.1) is 11.1 Å². The summed E-state index contributed by atoms with van der Waals surface area (Å²) in [6, 6.07) is 40.7. The summed E-state index contributed by atoms with van der Waals surface area (Å²) in [5, 5.41) is 0. The van der Waals surface area contributed by atoms with Gasteiger partial charge in [0.1, 0.15) is 11.5 Å². The highest BCUT2D eigenvalue weighted by Crippen LogP contribution is 2.62. The van der Waals surface area contributed by atoms with Gasteiger partial charge in [-0.15, -0.1) is 0 Å². The van der Waals surface area contributed by atoms with Crippen LogP contribution >= 0.6 is 0 Å². The van der Waals surface area contributed by atoms with E-state index in [1.807, 2.05) is 72.8 Å². The number of carbonyl (C=O) groups excluding carboxylic acids is 2. The van der Waals surface area contributed by atoms with Crippen molar-refractivity contribution in [3.63, 3.8) is 0 Å². The van der Waals surface area contributed by atoms with E-state index < -0.39 is 11.2 Å². The fourth-order valence-electron chi connectivity index (χ4n) is 7.66. The lowest BCUT2D eigenvalue weighted by Crippen LogP contribution is -2.49. The van der Waals surface area contributed by atoms with Gasteiger partial charge in [-0.2, -0.15) is 0 Å². The van der Waals surface area contributed by atoms with E-state index in [1.54, 1.807) is 0 Å². The smallest absolute Gasteiger partial charge is 0.185 e. The van der Waals surface area contributed by atoms with E-state index in [1.165, 1.54) is 0 Å². The van der Waals surface area contributed by atoms with Gasteiger partial charge in [0.15, 0.2) is 22.8 Å². The van der Waals surface area contributed by atoms with E-state index in [-0.39, 0.29) is 11.6 Å². The number of carbonyl (C=O) groups is 2. The molecule has 0 bridgehead atoms. The van der Waals surface area contributed by atoms with Crippen molar-refractivity contribution in [2.75, 3.05) is 0 Å². The standard InChI is InChI=1S/C40H32O4/c41-31-23-14-26-34-35(31)37-38(40(44-34,29-19-9-3-10-20-29)30-21-11-4-12-22-30)36-32(42)24-13-25-33(36)43-39(37,27-15-5-1-6-16-27)28-17-7-2-8-18-28/h1-12,15-22H,13-14,23-26H2. The molecule has 216 valence electrons.